The van der Waals surface area contributed by atoms with E-state index in [2.05, 4.69) is 24.3 Å². The first-order valence-electron chi connectivity index (χ1n) is 6.30. The third-order valence-electron chi connectivity index (χ3n) is 4.08. The van der Waals surface area contributed by atoms with Crippen LogP contribution in [0.25, 0.3) is 5.57 Å². The summed E-state index contributed by atoms with van der Waals surface area (Å²) >= 11 is 0. The number of hydrogen-bond donors (Lipinski definition) is 0. The fourth-order valence-corrected chi connectivity index (χ4v) is 3.16. The molecule has 2 heteroatoms. The van der Waals surface area contributed by atoms with Crippen LogP contribution in [-0.2, 0) is 4.79 Å². The van der Waals surface area contributed by atoms with Crippen LogP contribution >= 0.6 is 0 Å². The summed E-state index contributed by atoms with van der Waals surface area (Å²) in [6.45, 7) is 0. The molecule has 0 saturated heterocycles. The first-order valence-corrected chi connectivity index (χ1v) is 6.30. The van der Waals surface area contributed by atoms with Gasteiger partial charge in [-0.3, -0.25) is 4.79 Å². The lowest BCUT2D eigenvalue weighted by atomic mass is 9.91. The Kier molecular flexibility index (Phi) is 1.90. The minimum Gasteiger partial charge on any atom is -0.307 e. The first kappa shape index (κ1) is 9.89. The van der Waals surface area contributed by atoms with Gasteiger partial charge in [0.2, 0.25) is 6.41 Å². The summed E-state index contributed by atoms with van der Waals surface area (Å²) in [5.41, 5.74) is 5.21. The number of amides is 1. The van der Waals surface area contributed by atoms with E-state index < -0.39 is 0 Å². The Balaban J connectivity index is 1.95. The summed E-state index contributed by atoms with van der Waals surface area (Å²) in [7, 11) is 0. The maximum absolute atomic E-state index is 11.5. The van der Waals surface area contributed by atoms with Gasteiger partial charge in [-0.1, -0.05) is 48.1 Å². The summed E-state index contributed by atoms with van der Waals surface area (Å²) in [6, 6.07) is 8.36. The third kappa shape index (κ3) is 1.20. The number of nitrogens with zero attached hydrogens (tertiary/aromatic N) is 1. The van der Waals surface area contributed by atoms with E-state index in [9.17, 15) is 4.79 Å². The molecular weight excluding hydrogens is 222 g/mol. The number of para-hydroxylation sites is 1. The van der Waals surface area contributed by atoms with Gasteiger partial charge in [0, 0.05) is 11.5 Å². The molecule has 1 heterocycles. The SMILES string of the molecule is O=CN1c2ccccc2C2=C(C2)C2C=CC=CC21. The lowest BCUT2D eigenvalue weighted by molar-refractivity contribution is -0.107. The lowest BCUT2D eigenvalue weighted by Crippen LogP contribution is -2.38. The molecule has 0 fully saturated rings. The molecular formula is C16H13NO. The molecule has 1 aromatic carbocycles. The van der Waals surface area contributed by atoms with Crippen LogP contribution in [0, 0.1) is 5.92 Å². The average molecular weight is 235 g/mol. The van der Waals surface area contributed by atoms with Gasteiger partial charge in [0.05, 0.1) is 11.7 Å². The highest BCUT2D eigenvalue weighted by Crippen LogP contribution is 2.52. The van der Waals surface area contributed by atoms with E-state index >= 15 is 0 Å². The predicted molar refractivity (Wildman–Crippen MR) is 72.1 cm³/mol. The zero-order chi connectivity index (χ0) is 12.1. The van der Waals surface area contributed by atoms with E-state index in [0.717, 1.165) is 18.5 Å². The fraction of sp³-hybridized carbons (Fsp3) is 0.188. The maximum Gasteiger partial charge on any atom is 0.214 e. The molecule has 1 aromatic rings. The summed E-state index contributed by atoms with van der Waals surface area (Å²) in [4.78, 5) is 13.4. The van der Waals surface area contributed by atoms with Crippen molar-refractivity contribution in [3.63, 3.8) is 0 Å². The van der Waals surface area contributed by atoms with E-state index in [0.29, 0.717) is 5.92 Å². The number of fused-ring (bicyclic) bond motifs is 4. The quantitative estimate of drug-likeness (QED) is 0.685. The van der Waals surface area contributed by atoms with Crippen molar-refractivity contribution < 1.29 is 4.79 Å². The zero-order valence-corrected chi connectivity index (χ0v) is 9.91. The van der Waals surface area contributed by atoms with Crippen molar-refractivity contribution in [2.45, 2.75) is 12.5 Å². The highest BCUT2D eigenvalue weighted by atomic mass is 16.1. The molecule has 0 radical (unpaired) electrons. The highest BCUT2D eigenvalue weighted by Gasteiger charge is 2.40. The van der Waals surface area contributed by atoms with Gasteiger partial charge in [-0.25, -0.2) is 0 Å². The van der Waals surface area contributed by atoms with Crippen LogP contribution < -0.4 is 4.90 Å². The van der Waals surface area contributed by atoms with E-state index in [-0.39, 0.29) is 6.04 Å². The van der Waals surface area contributed by atoms with Crippen LogP contribution in [0.1, 0.15) is 12.0 Å². The summed E-state index contributed by atoms with van der Waals surface area (Å²) < 4.78 is 0. The normalized spacial score (nSPS) is 27.2. The first-order chi connectivity index (χ1) is 8.90. The van der Waals surface area contributed by atoms with Crippen LogP contribution in [0.4, 0.5) is 5.69 Å². The number of anilines is 1. The summed E-state index contributed by atoms with van der Waals surface area (Å²) in [5, 5.41) is 0. The van der Waals surface area contributed by atoms with Crippen LogP contribution in [0.5, 0.6) is 0 Å². The van der Waals surface area contributed by atoms with Crippen LogP contribution in [0.2, 0.25) is 0 Å². The predicted octanol–water partition coefficient (Wildman–Crippen LogP) is 2.93. The fourth-order valence-electron chi connectivity index (χ4n) is 3.16. The largest absolute Gasteiger partial charge is 0.307 e. The van der Waals surface area contributed by atoms with E-state index in [1.807, 2.05) is 29.2 Å². The topological polar surface area (TPSA) is 20.3 Å². The molecule has 4 rings (SSSR count). The second-order valence-electron chi connectivity index (χ2n) is 5.00. The molecule has 1 aliphatic heterocycles. The Labute approximate surface area is 106 Å². The second kappa shape index (κ2) is 3.45. The van der Waals surface area contributed by atoms with Gasteiger partial charge in [0.1, 0.15) is 0 Å². The average Bonchev–Trinajstić information content (AvgIpc) is 3.20. The summed E-state index contributed by atoms with van der Waals surface area (Å²) in [6.07, 6.45) is 10.5. The number of allylic oxidation sites excluding steroid dienone is 3. The molecule has 0 bridgehead atoms. The Morgan fingerprint density at radius 2 is 2.00 bits per heavy atom. The van der Waals surface area contributed by atoms with Gasteiger partial charge >= 0.3 is 0 Å². The van der Waals surface area contributed by atoms with Crippen molar-refractivity contribution in [2.75, 3.05) is 4.90 Å². The van der Waals surface area contributed by atoms with Gasteiger partial charge in [0.25, 0.3) is 0 Å². The summed E-state index contributed by atoms with van der Waals surface area (Å²) in [5.74, 6) is 0.364. The Hall–Kier alpha value is -2.09. The van der Waals surface area contributed by atoms with Gasteiger partial charge < -0.3 is 4.90 Å². The number of benzene rings is 1. The van der Waals surface area contributed by atoms with Gasteiger partial charge in [0.15, 0.2) is 0 Å². The van der Waals surface area contributed by atoms with Gasteiger partial charge in [-0.05, 0) is 18.1 Å². The number of hydrogen-bond acceptors (Lipinski definition) is 1. The van der Waals surface area contributed by atoms with Crippen molar-refractivity contribution in [3.05, 3.63) is 59.7 Å². The highest BCUT2D eigenvalue weighted by molar-refractivity contribution is 5.95. The third-order valence-corrected chi connectivity index (χ3v) is 4.08. The maximum atomic E-state index is 11.5. The number of rotatable bonds is 1. The van der Waals surface area contributed by atoms with Crippen LogP contribution in [0.15, 0.2) is 54.1 Å². The van der Waals surface area contributed by atoms with Crippen molar-refractivity contribution >= 4 is 17.7 Å². The monoisotopic (exact) mass is 235 g/mol. The molecule has 1 amide bonds. The Morgan fingerprint density at radius 3 is 2.89 bits per heavy atom. The van der Waals surface area contributed by atoms with Crippen LogP contribution in [0.3, 0.4) is 0 Å². The molecule has 2 atom stereocenters. The molecule has 2 unspecified atom stereocenters. The van der Waals surface area contributed by atoms with Crippen molar-refractivity contribution in [3.8, 4) is 0 Å². The Bertz CT molecular complexity index is 624. The van der Waals surface area contributed by atoms with Gasteiger partial charge in [-0.2, -0.15) is 0 Å². The smallest absolute Gasteiger partial charge is 0.214 e. The number of carbonyl (C=O) groups is 1. The second-order valence-corrected chi connectivity index (χ2v) is 5.00. The van der Waals surface area contributed by atoms with Crippen molar-refractivity contribution in [2.24, 2.45) is 5.92 Å². The molecule has 0 spiro atoms. The molecule has 18 heavy (non-hydrogen) atoms. The molecule has 2 nitrogen and oxygen atoms in total. The molecule has 2 aliphatic carbocycles. The van der Waals surface area contributed by atoms with E-state index in [4.69, 9.17) is 0 Å². The lowest BCUT2D eigenvalue weighted by Gasteiger charge is -2.32. The molecule has 0 N–H and O–H groups in total. The molecule has 0 aromatic heterocycles. The zero-order valence-electron chi connectivity index (χ0n) is 9.91. The van der Waals surface area contributed by atoms with Gasteiger partial charge in [-0.15, -0.1) is 0 Å². The molecule has 3 aliphatic rings. The van der Waals surface area contributed by atoms with E-state index in [1.165, 1.54) is 16.7 Å². The van der Waals surface area contributed by atoms with Crippen LogP contribution in [-0.4, -0.2) is 12.5 Å². The van der Waals surface area contributed by atoms with E-state index in [1.54, 1.807) is 0 Å². The van der Waals surface area contributed by atoms with Crippen molar-refractivity contribution in [1.82, 2.24) is 0 Å². The molecule has 88 valence electrons. The number of carbonyl (C=O) groups excluding carboxylic acids is 1. The standard InChI is InChI=1S/C16H13NO/c18-10-17-15-7-3-1-5-11(15)13-9-14(13)12-6-2-4-8-16(12)17/h1-8,10-11,15H,9H2. The minimum atomic E-state index is 0.142. The van der Waals surface area contributed by atoms with Crippen molar-refractivity contribution in [1.29, 1.82) is 0 Å². The minimum absolute atomic E-state index is 0.142. The molecule has 0 saturated carbocycles. The Morgan fingerprint density at radius 1 is 1.17 bits per heavy atom.